The lowest BCUT2D eigenvalue weighted by Gasteiger charge is -2.25. The predicted octanol–water partition coefficient (Wildman–Crippen LogP) is 1.94. The van der Waals surface area contributed by atoms with Crippen LogP contribution in [0.4, 0.5) is 0 Å². The van der Waals surface area contributed by atoms with Gasteiger partial charge >= 0.3 is 0 Å². The van der Waals surface area contributed by atoms with Gasteiger partial charge in [-0.1, -0.05) is 30.3 Å². The second kappa shape index (κ2) is 6.50. The summed E-state index contributed by atoms with van der Waals surface area (Å²) < 4.78 is 7.50. The molecular weight excluding hydrogens is 238 g/mol. The molecule has 4 heteroatoms. The second-order valence-electron chi connectivity index (χ2n) is 4.65. The Morgan fingerprint density at radius 3 is 2.53 bits per heavy atom. The van der Waals surface area contributed by atoms with Crippen LogP contribution in [0.3, 0.4) is 0 Å². The molecule has 0 radical (unpaired) electrons. The number of likely N-dealkylation sites (N-methyl/N-ethyl adjacent to an activating group) is 1. The van der Waals surface area contributed by atoms with Crippen LogP contribution in [-0.4, -0.2) is 30.0 Å². The fourth-order valence-electron chi connectivity index (χ4n) is 2.33. The second-order valence-corrected chi connectivity index (χ2v) is 4.65. The molecule has 0 aliphatic rings. The highest BCUT2D eigenvalue weighted by Crippen LogP contribution is 2.22. The van der Waals surface area contributed by atoms with Gasteiger partial charge in [0.15, 0.2) is 0 Å². The van der Waals surface area contributed by atoms with Gasteiger partial charge in [-0.3, -0.25) is 4.68 Å². The van der Waals surface area contributed by atoms with Gasteiger partial charge in [0.05, 0.1) is 11.8 Å². The molecule has 0 bridgehead atoms. The summed E-state index contributed by atoms with van der Waals surface area (Å²) in [5.41, 5.74) is 2.25. The van der Waals surface area contributed by atoms with Gasteiger partial charge in [0.25, 0.3) is 0 Å². The summed E-state index contributed by atoms with van der Waals surface area (Å²) in [5, 5.41) is 7.76. The van der Waals surface area contributed by atoms with Gasteiger partial charge in [0.2, 0.25) is 0 Å². The minimum Gasteiger partial charge on any atom is -0.375 e. The Labute approximate surface area is 114 Å². The van der Waals surface area contributed by atoms with Crippen molar-refractivity contribution in [1.29, 1.82) is 0 Å². The number of nitrogens with zero attached hydrogens (tertiary/aromatic N) is 2. The number of aromatic nitrogens is 2. The minimum absolute atomic E-state index is 0.0215. The van der Waals surface area contributed by atoms with Gasteiger partial charge in [-0.25, -0.2) is 0 Å². The van der Waals surface area contributed by atoms with E-state index in [4.69, 9.17) is 4.74 Å². The van der Waals surface area contributed by atoms with Crippen molar-refractivity contribution in [2.24, 2.45) is 7.05 Å². The lowest BCUT2D eigenvalue weighted by Crippen LogP contribution is -2.35. The molecule has 1 N–H and O–H groups in total. The predicted molar refractivity (Wildman–Crippen MR) is 76.0 cm³/mol. The molecular formula is C15H21N3O. The van der Waals surface area contributed by atoms with Crippen molar-refractivity contribution in [3.8, 4) is 0 Å². The van der Waals surface area contributed by atoms with Crippen LogP contribution in [0.2, 0.25) is 0 Å². The molecule has 0 fully saturated rings. The molecule has 0 saturated heterocycles. The lowest BCUT2D eigenvalue weighted by molar-refractivity contribution is 0.0700. The molecule has 2 atom stereocenters. The molecule has 1 aromatic carbocycles. The largest absolute Gasteiger partial charge is 0.375 e. The molecule has 2 aromatic rings. The van der Waals surface area contributed by atoms with Crippen LogP contribution in [0, 0.1) is 0 Å². The molecule has 4 nitrogen and oxygen atoms in total. The Morgan fingerprint density at radius 2 is 2.00 bits per heavy atom. The van der Waals surface area contributed by atoms with Crippen molar-refractivity contribution in [3.63, 3.8) is 0 Å². The zero-order valence-electron chi connectivity index (χ0n) is 11.7. The Balaban J connectivity index is 2.15. The van der Waals surface area contributed by atoms with Crippen molar-refractivity contribution < 1.29 is 4.74 Å². The van der Waals surface area contributed by atoms with Crippen molar-refractivity contribution in [3.05, 3.63) is 53.9 Å². The Bertz CT molecular complexity index is 495. The monoisotopic (exact) mass is 259 g/mol. The molecule has 1 aromatic heterocycles. The van der Waals surface area contributed by atoms with E-state index in [0.29, 0.717) is 0 Å². The van der Waals surface area contributed by atoms with E-state index in [-0.39, 0.29) is 12.1 Å². The normalized spacial score (nSPS) is 14.3. The standard InChI is InChI=1S/C15H21N3O/c1-16-14(11-13-9-10-18(2)17-13)15(19-3)12-7-5-4-6-8-12/h4-10,14-16H,11H2,1-3H3. The fourth-order valence-corrected chi connectivity index (χ4v) is 2.33. The van der Waals surface area contributed by atoms with E-state index in [0.717, 1.165) is 12.1 Å². The summed E-state index contributed by atoms with van der Waals surface area (Å²) >= 11 is 0. The third kappa shape index (κ3) is 3.43. The molecule has 2 unspecified atom stereocenters. The maximum absolute atomic E-state index is 5.67. The van der Waals surface area contributed by atoms with Crippen LogP contribution in [-0.2, 0) is 18.2 Å². The van der Waals surface area contributed by atoms with Gasteiger partial charge < -0.3 is 10.1 Å². The molecule has 0 aliphatic carbocycles. The Morgan fingerprint density at radius 1 is 1.26 bits per heavy atom. The van der Waals surface area contributed by atoms with Crippen LogP contribution in [0.25, 0.3) is 0 Å². The molecule has 102 valence electrons. The Hall–Kier alpha value is -1.65. The van der Waals surface area contributed by atoms with E-state index < -0.39 is 0 Å². The van der Waals surface area contributed by atoms with Crippen LogP contribution in [0.5, 0.6) is 0 Å². The quantitative estimate of drug-likeness (QED) is 0.861. The first-order valence-corrected chi connectivity index (χ1v) is 6.48. The zero-order chi connectivity index (χ0) is 13.7. The summed E-state index contributed by atoms with van der Waals surface area (Å²) in [6, 6.07) is 12.5. The highest BCUT2D eigenvalue weighted by molar-refractivity contribution is 5.20. The van der Waals surface area contributed by atoms with Crippen LogP contribution >= 0.6 is 0 Å². The van der Waals surface area contributed by atoms with Gasteiger partial charge in [0.1, 0.15) is 0 Å². The first kappa shape index (κ1) is 13.8. The average Bonchev–Trinajstić information content (AvgIpc) is 2.85. The van der Waals surface area contributed by atoms with Crippen molar-refractivity contribution in [2.75, 3.05) is 14.2 Å². The van der Waals surface area contributed by atoms with Gasteiger partial charge in [-0.05, 0) is 18.7 Å². The molecule has 1 heterocycles. The molecule has 2 rings (SSSR count). The third-order valence-corrected chi connectivity index (χ3v) is 3.32. The van der Waals surface area contributed by atoms with Crippen LogP contribution in [0.1, 0.15) is 17.4 Å². The SMILES string of the molecule is CNC(Cc1ccn(C)n1)C(OC)c1ccccc1. The number of nitrogens with one attached hydrogen (secondary N) is 1. The number of hydrogen-bond donors (Lipinski definition) is 1. The van der Waals surface area contributed by atoms with E-state index in [1.807, 2.05) is 49.2 Å². The van der Waals surface area contributed by atoms with E-state index in [2.05, 4.69) is 22.5 Å². The smallest absolute Gasteiger partial charge is 0.0977 e. The van der Waals surface area contributed by atoms with Gasteiger partial charge in [0, 0.05) is 32.8 Å². The van der Waals surface area contributed by atoms with E-state index in [1.54, 1.807) is 7.11 Å². The highest BCUT2D eigenvalue weighted by atomic mass is 16.5. The zero-order valence-corrected chi connectivity index (χ0v) is 11.7. The molecule has 0 saturated carbocycles. The number of rotatable bonds is 6. The van der Waals surface area contributed by atoms with E-state index >= 15 is 0 Å². The maximum Gasteiger partial charge on any atom is 0.0977 e. The van der Waals surface area contributed by atoms with E-state index in [1.165, 1.54) is 5.56 Å². The number of methoxy groups -OCH3 is 1. The molecule has 19 heavy (non-hydrogen) atoms. The van der Waals surface area contributed by atoms with Crippen molar-refractivity contribution in [1.82, 2.24) is 15.1 Å². The van der Waals surface area contributed by atoms with Crippen molar-refractivity contribution >= 4 is 0 Å². The lowest BCUT2D eigenvalue weighted by atomic mass is 9.98. The van der Waals surface area contributed by atoms with Crippen LogP contribution < -0.4 is 5.32 Å². The summed E-state index contributed by atoms with van der Waals surface area (Å²) in [7, 11) is 5.64. The Kier molecular flexibility index (Phi) is 4.71. The van der Waals surface area contributed by atoms with Crippen molar-refractivity contribution in [2.45, 2.75) is 18.6 Å². The van der Waals surface area contributed by atoms with Gasteiger partial charge in [-0.2, -0.15) is 5.10 Å². The summed E-state index contributed by atoms with van der Waals surface area (Å²) in [6.07, 6.45) is 2.82. The summed E-state index contributed by atoms with van der Waals surface area (Å²) in [5.74, 6) is 0. The van der Waals surface area contributed by atoms with Gasteiger partial charge in [-0.15, -0.1) is 0 Å². The molecule has 0 spiro atoms. The average molecular weight is 259 g/mol. The number of benzene rings is 1. The molecule has 0 aliphatic heterocycles. The summed E-state index contributed by atoms with van der Waals surface area (Å²) in [6.45, 7) is 0. The number of ether oxygens (including phenoxy) is 1. The minimum atomic E-state index is 0.0215. The number of aryl methyl sites for hydroxylation is 1. The summed E-state index contributed by atoms with van der Waals surface area (Å²) in [4.78, 5) is 0. The van der Waals surface area contributed by atoms with E-state index in [9.17, 15) is 0 Å². The molecule has 0 amide bonds. The first-order chi connectivity index (χ1) is 9.24. The third-order valence-electron chi connectivity index (χ3n) is 3.32. The fraction of sp³-hybridized carbons (Fsp3) is 0.400. The maximum atomic E-state index is 5.67. The van der Waals surface area contributed by atoms with Crippen LogP contribution in [0.15, 0.2) is 42.6 Å². The highest BCUT2D eigenvalue weighted by Gasteiger charge is 2.22. The number of hydrogen-bond acceptors (Lipinski definition) is 3. The first-order valence-electron chi connectivity index (χ1n) is 6.48. The topological polar surface area (TPSA) is 39.1 Å².